The average Bonchev–Trinajstić information content (AvgIpc) is 2.15. The van der Waals surface area contributed by atoms with E-state index in [2.05, 4.69) is 53.7 Å². The van der Waals surface area contributed by atoms with E-state index in [1.54, 1.807) is 11.1 Å². The summed E-state index contributed by atoms with van der Waals surface area (Å²) in [6, 6.07) is 4.63. The molecule has 0 bridgehead atoms. The molecule has 0 unspecified atom stereocenters. The number of halogens is 1. The van der Waals surface area contributed by atoms with Gasteiger partial charge in [-0.3, -0.25) is 0 Å². The first-order valence-electron chi connectivity index (χ1n) is 6.34. The van der Waals surface area contributed by atoms with Crippen LogP contribution in [0.5, 0.6) is 0 Å². The van der Waals surface area contributed by atoms with E-state index in [0.717, 1.165) is 0 Å². The molecule has 1 aromatic rings. The first-order valence-corrected chi connectivity index (χ1v) is 7.05. The van der Waals surface area contributed by atoms with Gasteiger partial charge in [0.2, 0.25) is 0 Å². The van der Waals surface area contributed by atoms with E-state index in [9.17, 15) is 0 Å². The zero-order valence-corrected chi connectivity index (χ0v) is 15.0. The normalized spacial score (nSPS) is 11.2. The first kappa shape index (κ1) is 17.5. The zero-order chi connectivity index (χ0) is 12.5. The van der Waals surface area contributed by atoms with E-state index < -0.39 is 0 Å². The minimum absolute atomic E-state index is 0. The van der Waals surface area contributed by atoms with Crippen LogP contribution < -0.4 is 20.7 Å². The molecule has 2 heteroatoms. The van der Waals surface area contributed by atoms with Crippen molar-refractivity contribution in [2.45, 2.75) is 59.3 Å². The summed E-state index contributed by atoms with van der Waals surface area (Å²) in [4.78, 5) is 0. The fourth-order valence-corrected chi connectivity index (χ4v) is 3.24. The molecule has 0 fully saturated rings. The van der Waals surface area contributed by atoms with Crippen molar-refractivity contribution in [3.05, 3.63) is 28.8 Å². The quantitative estimate of drug-likeness (QED) is 0.727. The largest absolute Gasteiger partial charge is 1.00 e. The molecular weight excluding hydrogens is 284 g/mol. The molecule has 92 valence electrons. The molecule has 1 rings (SSSR count). The molecule has 0 aliphatic rings. The summed E-state index contributed by atoms with van der Waals surface area (Å²) in [6.45, 7) is 13.8. The maximum atomic E-state index is 2.33. The fourth-order valence-electron chi connectivity index (χ4n) is 2.53. The minimum Gasteiger partial charge on any atom is -1.00 e. The SMILES string of the molecule is CC(C)c1cc[c]([Mg+])c(C(C)C)c1C(C)C.[Br-]. The van der Waals surface area contributed by atoms with Crippen molar-refractivity contribution in [1.29, 1.82) is 0 Å². The van der Waals surface area contributed by atoms with Crippen molar-refractivity contribution in [2.24, 2.45) is 0 Å². The second-order valence-corrected chi connectivity index (χ2v) is 6.37. The van der Waals surface area contributed by atoms with Gasteiger partial charge in [0.25, 0.3) is 0 Å². The Hall–Kier alpha value is 0.466. The Balaban J connectivity index is 0.00000256. The summed E-state index contributed by atoms with van der Waals surface area (Å²) in [5.74, 6) is 1.88. The van der Waals surface area contributed by atoms with Crippen LogP contribution in [0.2, 0.25) is 0 Å². The Morgan fingerprint density at radius 1 is 0.765 bits per heavy atom. The van der Waals surface area contributed by atoms with Gasteiger partial charge in [0.05, 0.1) is 0 Å². The van der Waals surface area contributed by atoms with Gasteiger partial charge in [0.1, 0.15) is 0 Å². The smallest absolute Gasteiger partial charge is 1.00 e. The van der Waals surface area contributed by atoms with Gasteiger partial charge in [-0.1, -0.05) is 0 Å². The summed E-state index contributed by atoms with van der Waals surface area (Å²) < 4.78 is 1.48. The summed E-state index contributed by atoms with van der Waals surface area (Å²) in [7, 11) is 0. The minimum atomic E-state index is 0. The van der Waals surface area contributed by atoms with E-state index in [0.29, 0.717) is 17.8 Å². The van der Waals surface area contributed by atoms with Crippen molar-refractivity contribution >= 4 is 25.4 Å². The predicted molar refractivity (Wildman–Crippen MR) is 74.1 cm³/mol. The number of hydrogen-bond acceptors (Lipinski definition) is 0. The Bertz CT molecular complexity index is 367. The van der Waals surface area contributed by atoms with Gasteiger partial charge in [-0.15, -0.1) is 0 Å². The second kappa shape index (κ2) is 7.15. The standard InChI is InChI=1S/C15H23.BrH.Mg/c1-10(2)13-8-7-9-14(11(3)4)15(13)12(5)6;;/h7-8,10-12H,1-6H3;1H;/q;;+1/p-1. The molecule has 1 aromatic carbocycles. The van der Waals surface area contributed by atoms with E-state index in [-0.39, 0.29) is 17.0 Å². The number of benzene rings is 1. The Morgan fingerprint density at radius 3 is 1.59 bits per heavy atom. The maximum Gasteiger partial charge on any atom is -1.00 e. The fraction of sp³-hybridized carbons (Fsp3) is 0.600. The zero-order valence-electron chi connectivity index (χ0n) is 12.0. The van der Waals surface area contributed by atoms with Crippen molar-refractivity contribution in [3.63, 3.8) is 0 Å². The monoisotopic (exact) mass is 306 g/mol. The Morgan fingerprint density at radius 2 is 1.24 bits per heavy atom. The van der Waals surface area contributed by atoms with E-state index >= 15 is 0 Å². The molecule has 0 heterocycles. The van der Waals surface area contributed by atoms with Crippen molar-refractivity contribution in [3.8, 4) is 0 Å². The summed E-state index contributed by atoms with van der Waals surface area (Å²) in [5, 5.41) is 0. The van der Waals surface area contributed by atoms with Gasteiger partial charge in [0, 0.05) is 0 Å². The summed E-state index contributed by atoms with van der Waals surface area (Å²) in [6.07, 6.45) is 0. The van der Waals surface area contributed by atoms with Crippen LogP contribution in [0.4, 0.5) is 0 Å². The molecule has 0 aliphatic carbocycles. The molecule has 0 spiro atoms. The van der Waals surface area contributed by atoms with Gasteiger partial charge >= 0.3 is 114 Å². The Kier molecular flexibility index (Phi) is 7.35. The van der Waals surface area contributed by atoms with E-state index in [4.69, 9.17) is 0 Å². The van der Waals surface area contributed by atoms with Crippen LogP contribution in [0, 0.1) is 0 Å². The molecule has 0 amide bonds. The van der Waals surface area contributed by atoms with Crippen molar-refractivity contribution < 1.29 is 17.0 Å². The van der Waals surface area contributed by atoms with Crippen LogP contribution in [0.1, 0.15) is 76.0 Å². The topological polar surface area (TPSA) is 0 Å². The average molecular weight is 308 g/mol. The van der Waals surface area contributed by atoms with Gasteiger partial charge in [-0.2, -0.15) is 0 Å². The third kappa shape index (κ3) is 3.97. The van der Waals surface area contributed by atoms with Gasteiger partial charge in [-0.25, -0.2) is 0 Å². The van der Waals surface area contributed by atoms with Gasteiger partial charge in [-0.05, 0) is 0 Å². The molecule has 0 nitrogen and oxygen atoms in total. The van der Waals surface area contributed by atoms with Crippen LogP contribution in [-0.2, 0) is 0 Å². The third-order valence-electron chi connectivity index (χ3n) is 3.19. The molecule has 17 heavy (non-hydrogen) atoms. The molecule has 0 saturated heterocycles. The molecular formula is C15H23BrMg. The van der Waals surface area contributed by atoms with Crippen LogP contribution in [0.15, 0.2) is 12.1 Å². The van der Waals surface area contributed by atoms with Crippen molar-refractivity contribution in [2.75, 3.05) is 0 Å². The third-order valence-corrected chi connectivity index (χ3v) is 3.80. The van der Waals surface area contributed by atoms with Gasteiger partial charge < -0.3 is 17.0 Å². The van der Waals surface area contributed by atoms with E-state index in [1.807, 2.05) is 21.7 Å². The molecule has 0 radical (unpaired) electrons. The maximum absolute atomic E-state index is 2.33. The second-order valence-electron chi connectivity index (χ2n) is 5.61. The molecule has 0 aromatic heterocycles. The van der Waals surface area contributed by atoms with Gasteiger partial charge in [0.15, 0.2) is 0 Å². The molecule has 0 atom stereocenters. The summed E-state index contributed by atoms with van der Waals surface area (Å²) in [5.41, 5.74) is 4.71. The predicted octanol–water partition coefficient (Wildman–Crippen LogP) is 0.855. The molecule has 0 aliphatic heterocycles. The first-order chi connectivity index (χ1) is 7.36. The van der Waals surface area contributed by atoms with Crippen LogP contribution in [0.25, 0.3) is 0 Å². The van der Waals surface area contributed by atoms with Crippen LogP contribution in [-0.4, -0.2) is 21.7 Å². The van der Waals surface area contributed by atoms with Crippen LogP contribution >= 0.6 is 0 Å². The van der Waals surface area contributed by atoms with E-state index in [1.165, 1.54) is 9.26 Å². The van der Waals surface area contributed by atoms with Crippen molar-refractivity contribution in [1.82, 2.24) is 0 Å². The number of rotatable bonds is 3. The molecule has 0 saturated carbocycles. The molecule has 0 N–H and O–H groups in total. The number of hydrogen-bond donors (Lipinski definition) is 0. The van der Waals surface area contributed by atoms with Crippen LogP contribution in [0.3, 0.4) is 0 Å². The summed E-state index contributed by atoms with van der Waals surface area (Å²) >= 11 is 2.03. The Labute approximate surface area is 130 Å².